The van der Waals surface area contributed by atoms with Crippen molar-refractivity contribution >= 4 is 11.6 Å². The lowest BCUT2D eigenvalue weighted by Gasteiger charge is -2.39. The molecule has 10 heteroatoms. The van der Waals surface area contributed by atoms with Gasteiger partial charge in [-0.2, -0.15) is 0 Å². The summed E-state index contributed by atoms with van der Waals surface area (Å²) in [4.78, 5) is 30.4. The molecule has 0 amide bonds. The van der Waals surface area contributed by atoms with Gasteiger partial charge in [0.25, 0.3) is 5.56 Å². The summed E-state index contributed by atoms with van der Waals surface area (Å²) in [6.07, 6.45) is 3.13. The van der Waals surface area contributed by atoms with Crippen molar-refractivity contribution < 1.29 is 0 Å². The van der Waals surface area contributed by atoms with Gasteiger partial charge in [0.15, 0.2) is 0 Å². The number of aromatic nitrogens is 4. The van der Waals surface area contributed by atoms with Gasteiger partial charge in [-0.25, -0.2) is 25.0 Å². The van der Waals surface area contributed by atoms with Crippen LogP contribution in [-0.2, 0) is 7.05 Å². The van der Waals surface area contributed by atoms with E-state index in [-0.39, 0.29) is 11.6 Å². The maximum absolute atomic E-state index is 12.7. The minimum Gasteiger partial charge on any atom is -0.369 e. The molecule has 35 heavy (non-hydrogen) atoms. The summed E-state index contributed by atoms with van der Waals surface area (Å²) in [5.41, 5.74) is 3.62. The molecule has 4 heterocycles. The second-order valence-corrected chi connectivity index (χ2v) is 9.27. The zero-order valence-corrected chi connectivity index (χ0v) is 20.6. The summed E-state index contributed by atoms with van der Waals surface area (Å²) in [6, 6.07) is 12.4. The van der Waals surface area contributed by atoms with Crippen molar-refractivity contribution in [2.45, 2.75) is 6.04 Å². The molecule has 184 valence electrons. The number of benzene rings is 1. The van der Waals surface area contributed by atoms with Gasteiger partial charge >= 0.3 is 0 Å². The number of hydrogen-bond acceptors (Lipinski definition) is 9. The maximum Gasteiger partial charge on any atom is 0.255 e. The van der Waals surface area contributed by atoms with Crippen molar-refractivity contribution in [3.05, 3.63) is 64.8 Å². The van der Waals surface area contributed by atoms with Gasteiger partial charge in [-0.3, -0.25) is 9.36 Å². The predicted octanol–water partition coefficient (Wildman–Crippen LogP) is 0.987. The first-order chi connectivity index (χ1) is 17.0. The monoisotopic (exact) mass is 475 g/mol. The first kappa shape index (κ1) is 23.4. The summed E-state index contributed by atoms with van der Waals surface area (Å²) < 4.78 is 1.61. The lowest BCUT2D eigenvalue weighted by Crippen LogP contribution is -2.51. The number of nitrogens with zero attached hydrogens (tertiary/aromatic N) is 8. The molecule has 0 unspecified atom stereocenters. The zero-order valence-electron chi connectivity index (χ0n) is 20.6. The van der Waals surface area contributed by atoms with Crippen LogP contribution < -0.4 is 20.7 Å². The fourth-order valence-electron chi connectivity index (χ4n) is 4.81. The summed E-state index contributed by atoms with van der Waals surface area (Å²) >= 11 is 0. The minimum atomic E-state index is -0.0996. The molecule has 1 aromatic carbocycles. The highest BCUT2D eigenvalue weighted by Crippen LogP contribution is 2.25. The molecule has 2 aromatic heterocycles. The second kappa shape index (κ2) is 10.1. The van der Waals surface area contributed by atoms with E-state index < -0.39 is 0 Å². The quantitative estimate of drug-likeness (QED) is 0.581. The van der Waals surface area contributed by atoms with E-state index in [0.29, 0.717) is 17.3 Å². The molecule has 2 saturated heterocycles. The van der Waals surface area contributed by atoms with Crippen LogP contribution in [0.3, 0.4) is 0 Å². The molecule has 0 radical (unpaired) electrons. The Hall–Kier alpha value is -3.34. The van der Waals surface area contributed by atoms with Crippen LogP contribution in [0.2, 0.25) is 0 Å². The molecule has 5 rings (SSSR count). The first-order valence-corrected chi connectivity index (χ1v) is 12.1. The Morgan fingerprint density at radius 1 is 0.971 bits per heavy atom. The largest absolute Gasteiger partial charge is 0.369 e. The molecule has 3 aromatic rings. The van der Waals surface area contributed by atoms with Crippen molar-refractivity contribution in [3.8, 4) is 11.4 Å². The molecule has 1 N–H and O–H groups in total. The Morgan fingerprint density at radius 2 is 1.74 bits per heavy atom. The fraction of sp³-hybridized carbons (Fsp3) is 0.440. The Labute approximate surface area is 205 Å². The van der Waals surface area contributed by atoms with Crippen LogP contribution in [0.5, 0.6) is 0 Å². The molecular weight excluding hydrogens is 442 g/mol. The summed E-state index contributed by atoms with van der Waals surface area (Å²) in [5, 5.41) is 8.17. The van der Waals surface area contributed by atoms with Gasteiger partial charge in [-0.05, 0) is 23.8 Å². The van der Waals surface area contributed by atoms with Crippen molar-refractivity contribution in [2.75, 3.05) is 69.7 Å². The average Bonchev–Trinajstić information content (AvgIpc) is 2.91. The molecule has 10 nitrogen and oxygen atoms in total. The molecule has 0 aliphatic carbocycles. The SMILES string of the molecule is CN(C)N1CCN(c2ccc([C@H]3CN(c4nc(-c5ccncn5)cc(=O)n4C)CCN3)cc2)CC1. The molecule has 2 aliphatic heterocycles. The standard InChI is InChI=1S/C25H33N9O/c1-30(2)34-14-12-32(13-15-34)20-6-4-19(5-7-20)23-17-33(11-10-27-23)25-29-22(16-24(35)31(25)3)21-8-9-26-18-28-21/h4-9,16,18,23,27H,10-15,17H2,1-3H3/t23-/m1/s1. The van der Waals surface area contributed by atoms with Gasteiger partial charge < -0.3 is 15.1 Å². The number of rotatable bonds is 5. The Balaban J connectivity index is 1.31. The van der Waals surface area contributed by atoms with E-state index >= 15 is 0 Å². The maximum atomic E-state index is 12.7. The highest BCUT2D eigenvalue weighted by atomic mass is 16.1. The van der Waals surface area contributed by atoms with E-state index in [1.807, 2.05) is 0 Å². The summed E-state index contributed by atoms with van der Waals surface area (Å²) in [7, 11) is 5.98. The number of hydrogen-bond donors (Lipinski definition) is 1. The van der Waals surface area contributed by atoms with E-state index in [0.717, 1.165) is 45.8 Å². The van der Waals surface area contributed by atoms with E-state index in [1.54, 1.807) is 23.9 Å². The Morgan fingerprint density at radius 3 is 2.43 bits per heavy atom. The van der Waals surface area contributed by atoms with Crippen LogP contribution in [0.1, 0.15) is 11.6 Å². The van der Waals surface area contributed by atoms with Gasteiger partial charge in [-0.15, -0.1) is 0 Å². The molecular formula is C25H33N9O. The number of hydrazine groups is 1. The van der Waals surface area contributed by atoms with E-state index in [2.05, 4.69) is 73.5 Å². The third-order valence-electron chi connectivity index (χ3n) is 6.90. The average molecular weight is 476 g/mol. The van der Waals surface area contributed by atoms with E-state index in [4.69, 9.17) is 4.98 Å². The normalized spacial score (nSPS) is 19.4. The second-order valence-electron chi connectivity index (χ2n) is 9.27. The van der Waals surface area contributed by atoms with E-state index in [1.165, 1.54) is 23.6 Å². The number of anilines is 2. The lowest BCUT2D eigenvalue weighted by atomic mass is 10.0. The van der Waals surface area contributed by atoms with Crippen molar-refractivity contribution in [1.82, 2.24) is 34.9 Å². The van der Waals surface area contributed by atoms with Gasteiger partial charge in [-0.1, -0.05) is 12.1 Å². The third-order valence-corrected chi connectivity index (χ3v) is 6.90. The van der Waals surface area contributed by atoms with Crippen molar-refractivity contribution in [1.29, 1.82) is 0 Å². The van der Waals surface area contributed by atoms with Crippen LogP contribution in [-0.4, -0.2) is 89.4 Å². The Kier molecular flexibility index (Phi) is 6.76. The Bertz CT molecular complexity index is 1190. The van der Waals surface area contributed by atoms with Crippen molar-refractivity contribution in [3.63, 3.8) is 0 Å². The number of piperazine rings is 2. The van der Waals surface area contributed by atoms with Crippen molar-refractivity contribution in [2.24, 2.45) is 7.05 Å². The molecule has 1 atom stereocenters. The van der Waals surface area contributed by atoms with Crippen LogP contribution in [0.4, 0.5) is 11.6 Å². The summed E-state index contributed by atoms with van der Waals surface area (Å²) in [5.74, 6) is 0.660. The van der Waals surface area contributed by atoms with Gasteiger partial charge in [0.05, 0.1) is 11.4 Å². The van der Waals surface area contributed by atoms with E-state index in [9.17, 15) is 4.79 Å². The highest BCUT2D eigenvalue weighted by molar-refractivity contribution is 5.55. The molecule has 0 saturated carbocycles. The summed E-state index contributed by atoms with van der Waals surface area (Å²) in [6.45, 7) is 6.44. The minimum absolute atomic E-state index is 0.0996. The van der Waals surface area contributed by atoms with Crippen LogP contribution in [0, 0.1) is 0 Å². The number of nitrogens with one attached hydrogen (secondary N) is 1. The molecule has 0 spiro atoms. The van der Waals surface area contributed by atoms with Crippen LogP contribution in [0.15, 0.2) is 53.7 Å². The smallest absolute Gasteiger partial charge is 0.255 e. The lowest BCUT2D eigenvalue weighted by molar-refractivity contribution is 0.0201. The third kappa shape index (κ3) is 5.04. The van der Waals surface area contributed by atoms with Crippen LogP contribution >= 0.6 is 0 Å². The molecule has 2 aliphatic rings. The van der Waals surface area contributed by atoms with Gasteiger partial charge in [0.1, 0.15) is 6.33 Å². The first-order valence-electron chi connectivity index (χ1n) is 12.1. The topological polar surface area (TPSA) is 85.7 Å². The highest BCUT2D eigenvalue weighted by Gasteiger charge is 2.25. The van der Waals surface area contributed by atoms with Crippen LogP contribution in [0.25, 0.3) is 11.4 Å². The van der Waals surface area contributed by atoms with Gasteiger partial charge in [0, 0.05) is 90.9 Å². The zero-order chi connectivity index (χ0) is 24.4. The molecule has 2 fully saturated rings. The predicted molar refractivity (Wildman–Crippen MR) is 137 cm³/mol. The van der Waals surface area contributed by atoms with Gasteiger partial charge in [0.2, 0.25) is 5.95 Å². The molecule has 0 bridgehead atoms. The fourth-order valence-corrected chi connectivity index (χ4v) is 4.81.